The van der Waals surface area contributed by atoms with E-state index < -0.39 is 0 Å². The third-order valence-corrected chi connectivity index (χ3v) is 1.66. The van der Waals surface area contributed by atoms with E-state index >= 15 is 0 Å². The highest BCUT2D eigenvalue weighted by atomic mass is 15.6. The zero-order valence-electron chi connectivity index (χ0n) is 7.12. The number of hydrogen-bond acceptors (Lipinski definition) is 5. The smallest absolute Gasteiger partial charge is 0.246 e. The molecule has 13 heavy (non-hydrogen) atoms. The number of tetrazole rings is 1. The van der Waals surface area contributed by atoms with Gasteiger partial charge in [-0.05, 0) is 17.4 Å². The highest BCUT2D eigenvalue weighted by Crippen LogP contribution is 2.04. The van der Waals surface area contributed by atoms with Gasteiger partial charge in [-0.1, -0.05) is 5.10 Å². The van der Waals surface area contributed by atoms with Crippen molar-refractivity contribution in [2.45, 2.75) is 13.5 Å². The number of aromatic nitrogens is 6. The normalized spacial score (nSPS) is 10.5. The molecular formula is C6H9N7. The minimum atomic E-state index is 0.237. The van der Waals surface area contributed by atoms with Crippen LogP contribution in [0.2, 0.25) is 0 Å². The van der Waals surface area contributed by atoms with Gasteiger partial charge >= 0.3 is 0 Å². The molecule has 0 radical (unpaired) electrons. The molecule has 0 atom stereocenters. The molecule has 0 spiro atoms. The van der Waals surface area contributed by atoms with Gasteiger partial charge in [0.25, 0.3) is 0 Å². The molecule has 0 aromatic carbocycles. The van der Waals surface area contributed by atoms with Crippen molar-refractivity contribution in [1.29, 1.82) is 0 Å². The lowest BCUT2D eigenvalue weighted by Gasteiger charge is -1.94. The van der Waals surface area contributed by atoms with Crippen LogP contribution in [0.15, 0.2) is 12.3 Å². The van der Waals surface area contributed by atoms with Crippen LogP contribution < -0.4 is 5.73 Å². The Morgan fingerprint density at radius 1 is 1.54 bits per heavy atom. The predicted molar refractivity (Wildman–Crippen MR) is 45.0 cm³/mol. The van der Waals surface area contributed by atoms with Gasteiger partial charge in [-0.15, -0.1) is 0 Å². The van der Waals surface area contributed by atoms with Crippen molar-refractivity contribution in [2.75, 3.05) is 5.73 Å². The largest absolute Gasteiger partial charge is 0.366 e. The minimum Gasteiger partial charge on any atom is -0.366 e. The zero-order valence-corrected chi connectivity index (χ0v) is 7.12. The zero-order chi connectivity index (χ0) is 9.26. The lowest BCUT2D eigenvalue weighted by Crippen LogP contribution is -2.04. The van der Waals surface area contributed by atoms with Gasteiger partial charge in [-0.25, -0.2) is 0 Å². The average molecular weight is 179 g/mol. The first-order valence-electron chi connectivity index (χ1n) is 3.89. The third kappa shape index (κ3) is 1.24. The van der Waals surface area contributed by atoms with Crippen LogP contribution in [0, 0.1) is 0 Å². The monoisotopic (exact) mass is 179 g/mol. The standard InChI is InChI=1S/C6H9N7/c1-2-12-4-3-5(9-12)13-6(7)8-10-11-13/h3-4H,2H2,1H3,(H2,7,8,11). The van der Waals surface area contributed by atoms with Crippen molar-refractivity contribution in [1.82, 2.24) is 30.0 Å². The average Bonchev–Trinajstić information content (AvgIpc) is 2.71. The van der Waals surface area contributed by atoms with E-state index in [1.54, 1.807) is 10.7 Å². The van der Waals surface area contributed by atoms with Crippen molar-refractivity contribution in [3.8, 4) is 5.82 Å². The fraction of sp³-hybridized carbons (Fsp3) is 0.333. The van der Waals surface area contributed by atoms with Crippen molar-refractivity contribution in [3.63, 3.8) is 0 Å². The first kappa shape index (κ1) is 7.71. The highest BCUT2D eigenvalue weighted by molar-refractivity contribution is 5.27. The Kier molecular flexibility index (Phi) is 1.69. The van der Waals surface area contributed by atoms with Gasteiger partial charge in [0, 0.05) is 18.8 Å². The number of aryl methyl sites for hydroxylation is 1. The van der Waals surface area contributed by atoms with Gasteiger partial charge in [0.15, 0.2) is 5.82 Å². The van der Waals surface area contributed by atoms with Crippen molar-refractivity contribution < 1.29 is 0 Å². The summed E-state index contributed by atoms with van der Waals surface area (Å²) in [6, 6.07) is 1.80. The van der Waals surface area contributed by atoms with Crippen molar-refractivity contribution in [2.24, 2.45) is 0 Å². The van der Waals surface area contributed by atoms with E-state index in [1.165, 1.54) is 4.68 Å². The molecule has 0 aliphatic carbocycles. The lowest BCUT2D eigenvalue weighted by atomic mass is 10.6. The van der Waals surface area contributed by atoms with E-state index in [0.717, 1.165) is 6.54 Å². The summed E-state index contributed by atoms with van der Waals surface area (Å²) in [5.41, 5.74) is 5.50. The summed E-state index contributed by atoms with van der Waals surface area (Å²) in [4.78, 5) is 0. The van der Waals surface area contributed by atoms with Crippen molar-refractivity contribution >= 4 is 5.95 Å². The number of anilines is 1. The Hall–Kier alpha value is -1.92. The number of rotatable bonds is 2. The van der Waals surface area contributed by atoms with Gasteiger partial charge in [0.05, 0.1) is 0 Å². The van der Waals surface area contributed by atoms with Gasteiger partial charge in [-0.2, -0.15) is 9.78 Å². The summed E-state index contributed by atoms with van der Waals surface area (Å²) in [7, 11) is 0. The second kappa shape index (κ2) is 2.85. The SMILES string of the molecule is CCn1ccc(-n2nnnc2N)n1. The van der Waals surface area contributed by atoms with Gasteiger partial charge in [0.1, 0.15) is 0 Å². The van der Waals surface area contributed by atoms with Gasteiger partial charge in [-0.3, -0.25) is 4.68 Å². The van der Waals surface area contributed by atoms with Crippen LogP contribution in [0.1, 0.15) is 6.92 Å². The lowest BCUT2D eigenvalue weighted by molar-refractivity contribution is 0.642. The van der Waals surface area contributed by atoms with Crippen LogP contribution in [-0.2, 0) is 6.54 Å². The summed E-state index contributed by atoms with van der Waals surface area (Å²) in [5, 5.41) is 14.9. The number of nitrogens with two attached hydrogens (primary N) is 1. The number of nitrogen functional groups attached to an aromatic ring is 1. The fourth-order valence-corrected chi connectivity index (χ4v) is 0.997. The Morgan fingerprint density at radius 2 is 2.38 bits per heavy atom. The molecule has 0 saturated carbocycles. The molecule has 7 heteroatoms. The summed E-state index contributed by atoms with van der Waals surface area (Å²) in [6.45, 7) is 2.81. The molecule has 2 rings (SSSR count). The molecule has 0 fully saturated rings. The highest BCUT2D eigenvalue weighted by Gasteiger charge is 2.06. The Balaban J connectivity index is 2.41. The molecule has 68 valence electrons. The molecule has 0 bridgehead atoms. The molecular weight excluding hydrogens is 170 g/mol. The second-order valence-corrected chi connectivity index (χ2v) is 2.48. The second-order valence-electron chi connectivity index (χ2n) is 2.48. The molecule has 2 aromatic rings. The Labute approximate surface area is 74.1 Å². The van der Waals surface area contributed by atoms with E-state index in [1.807, 2.05) is 13.1 Å². The fourth-order valence-electron chi connectivity index (χ4n) is 0.997. The maximum Gasteiger partial charge on any atom is 0.246 e. The maximum atomic E-state index is 5.50. The maximum absolute atomic E-state index is 5.50. The van der Waals surface area contributed by atoms with Crippen molar-refractivity contribution in [3.05, 3.63) is 12.3 Å². The van der Waals surface area contributed by atoms with Crippen LogP contribution in [0.4, 0.5) is 5.95 Å². The number of hydrogen-bond donors (Lipinski definition) is 1. The summed E-state index contributed by atoms with van der Waals surface area (Å²) in [5.74, 6) is 0.866. The predicted octanol–water partition coefficient (Wildman–Crippen LogP) is -0.539. The van der Waals surface area contributed by atoms with E-state index in [-0.39, 0.29) is 5.95 Å². The van der Waals surface area contributed by atoms with Crippen LogP contribution in [0.3, 0.4) is 0 Å². The van der Waals surface area contributed by atoms with Crippen LogP contribution in [0.5, 0.6) is 0 Å². The summed E-state index contributed by atoms with van der Waals surface area (Å²) in [6.07, 6.45) is 1.84. The van der Waals surface area contributed by atoms with E-state index in [0.29, 0.717) is 5.82 Å². The molecule has 2 heterocycles. The molecule has 0 aliphatic rings. The van der Waals surface area contributed by atoms with Crippen LogP contribution >= 0.6 is 0 Å². The molecule has 0 saturated heterocycles. The molecule has 7 nitrogen and oxygen atoms in total. The minimum absolute atomic E-state index is 0.237. The summed E-state index contributed by atoms with van der Waals surface area (Å²) >= 11 is 0. The van der Waals surface area contributed by atoms with E-state index in [9.17, 15) is 0 Å². The van der Waals surface area contributed by atoms with Crippen LogP contribution in [-0.4, -0.2) is 30.0 Å². The van der Waals surface area contributed by atoms with E-state index in [4.69, 9.17) is 5.73 Å². The molecule has 0 unspecified atom stereocenters. The Bertz CT molecular complexity index is 401. The topological polar surface area (TPSA) is 87.4 Å². The third-order valence-electron chi connectivity index (χ3n) is 1.66. The quantitative estimate of drug-likeness (QED) is 0.669. The first-order valence-corrected chi connectivity index (χ1v) is 3.89. The molecule has 0 aliphatic heterocycles. The summed E-state index contributed by atoms with van der Waals surface area (Å²) < 4.78 is 3.16. The number of nitrogens with zero attached hydrogens (tertiary/aromatic N) is 6. The first-order chi connectivity index (χ1) is 6.31. The molecule has 2 aromatic heterocycles. The Morgan fingerprint density at radius 3 is 2.92 bits per heavy atom. The van der Waals surface area contributed by atoms with Gasteiger partial charge < -0.3 is 5.73 Å². The molecule has 2 N–H and O–H groups in total. The molecule has 0 amide bonds. The van der Waals surface area contributed by atoms with Gasteiger partial charge in [0.2, 0.25) is 5.95 Å². The van der Waals surface area contributed by atoms with E-state index in [2.05, 4.69) is 20.6 Å². The van der Waals surface area contributed by atoms with Crippen LogP contribution in [0.25, 0.3) is 5.82 Å².